The van der Waals surface area contributed by atoms with E-state index in [2.05, 4.69) is 20.4 Å². The van der Waals surface area contributed by atoms with E-state index in [1.807, 2.05) is 37.3 Å². The number of nitrogens with zero attached hydrogens (tertiary/aromatic N) is 3. The molecular weight excluding hydrogens is 412 g/mol. The van der Waals surface area contributed by atoms with Crippen LogP contribution in [0.15, 0.2) is 56.6 Å². The zero-order chi connectivity index (χ0) is 20.2. The van der Waals surface area contributed by atoms with Crippen molar-refractivity contribution in [1.82, 2.24) is 15.1 Å². The van der Waals surface area contributed by atoms with E-state index in [0.717, 1.165) is 16.7 Å². The average Bonchev–Trinajstić information content (AvgIpc) is 3.34. The Bertz CT molecular complexity index is 1120. The molecule has 0 unspecified atom stereocenters. The number of carbonyl (C=O) groups is 1. The Balaban J connectivity index is 1.28. The van der Waals surface area contributed by atoms with Gasteiger partial charge in [-0.15, -0.1) is 0 Å². The first-order valence-corrected chi connectivity index (χ1v) is 10.3. The van der Waals surface area contributed by atoms with Crippen molar-refractivity contribution >= 4 is 46.1 Å². The Labute approximate surface area is 175 Å². The standard InChI is InChI=1S/C20H17ClN4O3S/c1-12-6-7-13(21)10-15(12)22-18(26)8-9-19-24-17(25-28-19)11-29-20-23-14-4-2-3-5-16(14)27-20/h2-7,10H,8-9,11H2,1H3,(H,22,26). The molecule has 0 aliphatic rings. The van der Waals surface area contributed by atoms with Gasteiger partial charge in [0.1, 0.15) is 5.52 Å². The maximum Gasteiger partial charge on any atom is 0.257 e. The normalized spacial score (nSPS) is 11.1. The van der Waals surface area contributed by atoms with Gasteiger partial charge in [0.2, 0.25) is 11.8 Å². The van der Waals surface area contributed by atoms with Gasteiger partial charge < -0.3 is 14.3 Å². The molecular formula is C20H17ClN4O3S. The maximum absolute atomic E-state index is 12.2. The number of benzene rings is 2. The van der Waals surface area contributed by atoms with Crippen LogP contribution in [0.5, 0.6) is 0 Å². The van der Waals surface area contributed by atoms with E-state index < -0.39 is 0 Å². The summed E-state index contributed by atoms with van der Waals surface area (Å²) in [6.45, 7) is 1.91. The molecule has 9 heteroatoms. The molecule has 148 valence electrons. The van der Waals surface area contributed by atoms with Crippen molar-refractivity contribution in [3.63, 3.8) is 0 Å². The summed E-state index contributed by atoms with van der Waals surface area (Å²) in [7, 11) is 0. The predicted octanol–water partition coefficient (Wildman–Crippen LogP) is 5.04. The minimum atomic E-state index is -0.143. The molecule has 0 saturated carbocycles. The van der Waals surface area contributed by atoms with Crippen LogP contribution in [-0.4, -0.2) is 21.0 Å². The minimum absolute atomic E-state index is 0.143. The van der Waals surface area contributed by atoms with Crippen LogP contribution in [0.3, 0.4) is 0 Å². The SMILES string of the molecule is Cc1ccc(Cl)cc1NC(=O)CCc1nc(CSc2nc3ccccc3o2)no1. The van der Waals surface area contributed by atoms with Crippen molar-refractivity contribution in [3.05, 3.63) is 64.8 Å². The topological polar surface area (TPSA) is 94.1 Å². The van der Waals surface area contributed by atoms with Crippen molar-refractivity contribution < 1.29 is 13.7 Å². The van der Waals surface area contributed by atoms with Gasteiger partial charge in [0.25, 0.3) is 5.22 Å². The number of thioether (sulfide) groups is 1. The van der Waals surface area contributed by atoms with E-state index in [4.69, 9.17) is 20.5 Å². The van der Waals surface area contributed by atoms with Gasteiger partial charge >= 0.3 is 0 Å². The number of aryl methyl sites for hydroxylation is 2. The molecule has 1 amide bonds. The molecule has 2 aromatic heterocycles. The van der Waals surface area contributed by atoms with Crippen molar-refractivity contribution in [2.45, 2.75) is 30.7 Å². The Morgan fingerprint density at radius 2 is 2.07 bits per heavy atom. The van der Waals surface area contributed by atoms with Crippen LogP contribution in [0.4, 0.5) is 5.69 Å². The molecule has 29 heavy (non-hydrogen) atoms. The molecule has 0 atom stereocenters. The number of anilines is 1. The van der Waals surface area contributed by atoms with Crippen LogP contribution in [0.25, 0.3) is 11.1 Å². The summed E-state index contributed by atoms with van der Waals surface area (Å²) >= 11 is 7.36. The molecule has 1 N–H and O–H groups in total. The predicted molar refractivity (Wildman–Crippen MR) is 111 cm³/mol. The lowest BCUT2D eigenvalue weighted by molar-refractivity contribution is -0.116. The summed E-state index contributed by atoms with van der Waals surface area (Å²) in [4.78, 5) is 20.9. The Hall–Kier alpha value is -2.84. The molecule has 0 saturated heterocycles. The summed E-state index contributed by atoms with van der Waals surface area (Å²) in [5, 5.41) is 7.92. The molecule has 0 aliphatic carbocycles. The number of fused-ring (bicyclic) bond motifs is 1. The number of hydrogen-bond donors (Lipinski definition) is 1. The number of halogens is 1. The van der Waals surface area contributed by atoms with Crippen LogP contribution in [-0.2, 0) is 17.0 Å². The number of para-hydroxylation sites is 2. The van der Waals surface area contributed by atoms with Crippen LogP contribution in [0, 0.1) is 6.92 Å². The molecule has 4 aromatic rings. The van der Waals surface area contributed by atoms with E-state index in [9.17, 15) is 4.79 Å². The quantitative estimate of drug-likeness (QED) is 0.412. The van der Waals surface area contributed by atoms with Gasteiger partial charge in [0.05, 0.1) is 5.75 Å². The minimum Gasteiger partial charge on any atom is -0.431 e. The molecule has 7 nitrogen and oxygen atoms in total. The van der Waals surface area contributed by atoms with Gasteiger partial charge in [-0.3, -0.25) is 4.79 Å². The van der Waals surface area contributed by atoms with E-state index in [-0.39, 0.29) is 12.3 Å². The third-order valence-electron chi connectivity index (χ3n) is 4.15. The zero-order valence-electron chi connectivity index (χ0n) is 15.5. The molecule has 2 heterocycles. The second-order valence-corrected chi connectivity index (χ2v) is 7.71. The highest BCUT2D eigenvalue weighted by Gasteiger charge is 2.12. The first-order chi connectivity index (χ1) is 14.1. The largest absolute Gasteiger partial charge is 0.431 e. The van der Waals surface area contributed by atoms with Crippen molar-refractivity contribution in [1.29, 1.82) is 0 Å². The molecule has 0 aliphatic heterocycles. The summed E-state index contributed by atoms with van der Waals surface area (Å²) in [6.07, 6.45) is 0.581. The van der Waals surface area contributed by atoms with Crippen molar-refractivity contribution in [3.8, 4) is 0 Å². The first kappa shape index (κ1) is 19.5. The number of rotatable bonds is 7. The van der Waals surface area contributed by atoms with Crippen LogP contribution >= 0.6 is 23.4 Å². The zero-order valence-corrected chi connectivity index (χ0v) is 17.1. The Morgan fingerprint density at radius 3 is 2.93 bits per heavy atom. The number of amides is 1. The fourth-order valence-electron chi connectivity index (χ4n) is 2.65. The smallest absolute Gasteiger partial charge is 0.257 e. The van der Waals surface area contributed by atoms with Crippen LogP contribution in [0.2, 0.25) is 5.02 Å². The Kier molecular flexibility index (Phi) is 5.82. The average molecular weight is 429 g/mol. The first-order valence-electron chi connectivity index (χ1n) is 8.92. The lowest BCUT2D eigenvalue weighted by Gasteiger charge is -2.08. The number of aromatic nitrogens is 3. The van der Waals surface area contributed by atoms with Crippen LogP contribution in [0.1, 0.15) is 23.7 Å². The fraction of sp³-hybridized carbons (Fsp3) is 0.200. The molecule has 2 aromatic carbocycles. The van der Waals surface area contributed by atoms with Gasteiger partial charge in [-0.1, -0.05) is 46.7 Å². The fourth-order valence-corrected chi connectivity index (χ4v) is 3.51. The van der Waals surface area contributed by atoms with E-state index in [0.29, 0.717) is 39.8 Å². The highest BCUT2D eigenvalue weighted by molar-refractivity contribution is 7.98. The van der Waals surface area contributed by atoms with Gasteiger partial charge in [-0.2, -0.15) is 4.98 Å². The molecule has 0 fully saturated rings. The van der Waals surface area contributed by atoms with Crippen molar-refractivity contribution in [2.24, 2.45) is 0 Å². The highest BCUT2D eigenvalue weighted by Crippen LogP contribution is 2.25. The summed E-state index contributed by atoms with van der Waals surface area (Å²) in [5.74, 6) is 1.26. The Morgan fingerprint density at radius 1 is 1.21 bits per heavy atom. The lowest BCUT2D eigenvalue weighted by atomic mass is 10.2. The second-order valence-electron chi connectivity index (χ2n) is 6.35. The van der Waals surface area contributed by atoms with Gasteiger partial charge in [-0.25, -0.2) is 4.98 Å². The number of hydrogen-bond acceptors (Lipinski definition) is 7. The maximum atomic E-state index is 12.2. The molecule has 0 spiro atoms. The van der Waals surface area contributed by atoms with Gasteiger partial charge in [0.15, 0.2) is 11.4 Å². The molecule has 0 radical (unpaired) electrons. The summed E-state index contributed by atoms with van der Waals surface area (Å²) in [5.41, 5.74) is 3.19. The third-order valence-corrected chi connectivity index (χ3v) is 5.21. The monoisotopic (exact) mass is 428 g/mol. The molecule has 4 rings (SSSR count). The van der Waals surface area contributed by atoms with Gasteiger partial charge in [0, 0.05) is 23.6 Å². The van der Waals surface area contributed by atoms with Crippen LogP contribution < -0.4 is 5.32 Å². The molecule has 0 bridgehead atoms. The van der Waals surface area contributed by atoms with E-state index >= 15 is 0 Å². The number of carbonyl (C=O) groups excluding carboxylic acids is 1. The number of nitrogens with one attached hydrogen (secondary N) is 1. The van der Waals surface area contributed by atoms with E-state index in [1.54, 1.807) is 12.1 Å². The number of oxazole rings is 1. The third kappa shape index (κ3) is 4.96. The van der Waals surface area contributed by atoms with Gasteiger partial charge in [-0.05, 0) is 36.8 Å². The second kappa shape index (κ2) is 8.67. The lowest BCUT2D eigenvalue weighted by Crippen LogP contribution is -2.13. The van der Waals surface area contributed by atoms with E-state index in [1.165, 1.54) is 11.8 Å². The highest BCUT2D eigenvalue weighted by atomic mass is 35.5. The summed E-state index contributed by atoms with van der Waals surface area (Å²) < 4.78 is 10.9. The van der Waals surface area contributed by atoms with Crippen molar-refractivity contribution in [2.75, 3.05) is 5.32 Å². The summed E-state index contributed by atoms with van der Waals surface area (Å²) in [6, 6.07) is 12.9.